The van der Waals surface area contributed by atoms with E-state index in [1.54, 1.807) is 12.1 Å². The highest BCUT2D eigenvalue weighted by molar-refractivity contribution is 5.92. The van der Waals surface area contributed by atoms with Crippen LogP contribution in [0.3, 0.4) is 0 Å². The third-order valence-electron chi connectivity index (χ3n) is 2.22. The number of fused-ring (bicyclic) bond motifs is 1. The van der Waals surface area contributed by atoms with Gasteiger partial charge in [0.05, 0.1) is 17.0 Å². The maximum absolute atomic E-state index is 10.9. The van der Waals surface area contributed by atoms with Crippen molar-refractivity contribution in [1.29, 1.82) is 0 Å². The molecule has 0 aromatic carbocycles. The van der Waals surface area contributed by atoms with Gasteiger partial charge in [0.2, 0.25) is 0 Å². The SMILES string of the molecule is CC.O=[N+]([O-])c1cnc2cccnc2c1NCCO. The molecular formula is C12H16N4O3. The first-order chi connectivity index (χ1) is 9.24. The Morgan fingerprint density at radius 3 is 2.79 bits per heavy atom. The van der Waals surface area contributed by atoms with Gasteiger partial charge in [-0.25, -0.2) is 4.98 Å². The molecule has 0 atom stereocenters. The molecule has 2 heterocycles. The fourth-order valence-electron chi connectivity index (χ4n) is 1.50. The number of rotatable bonds is 4. The third-order valence-corrected chi connectivity index (χ3v) is 2.22. The fraction of sp³-hybridized carbons (Fsp3) is 0.333. The normalized spacial score (nSPS) is 9.63. The molecule has 0 unspecified atom stereocenters. The van der Waals surface area contributed by atoms with Crippen LogP contribution in [0.4, 0.5) is 11.4 Å². The van der Waals surface area contributed by atoms with Gasteiger partial charge in [0.25, 0.3) is 0 Å². The second-order valence-electron chi connectivity index (χ2n) is 3.30. The van der Waals surface area contributed by atoms with Gasteiger partial charge in [-0.3, -0.25) is 15.1 Å². The van der Waals surface area contributed by atoms with Crippen molar-refractivity contribution in [3.05, 3.63) is 34.6 Å². The summed E-state index contributed by atoms with van der Waals surface area (Å²) in [6, 6.07) is 3.42. The molecule has 19 heavy (non-hydrogen) atoms. The standard InChI is InChI=1S/C10H10N4O3.C2H6/c15-5-4-12-10-8(14(16)17)6-13-7-2-1-3-11-9(7)10;1-2/h1-3,6,15H,4-5H2,(H,12,13);1-2H3. The molecule has 0 bridgehead atoms. The van der Waals surface area contributed by atoms with Crippen molar-refractivity contribution in [1.82, 2.24) is 9.97 Å². The minimum absolute atomic E-state index is 0.117. The van der Waals surface area contributed by atoms with Gasteiger partial charge in [-0.05, 0) is 12.1 Å². The first-order valence-electron chi connectivity index (χ1n) is 5.97. The van der Waals surface area contributed by atoms with E-state index >= 15 is 0 Å². The lowest BCUT2D eigenvalue weighted by molar-refractivity contribution is -0.384. The van der Waals surface area contributed by atoms with Crippen molar-refractivity contribution in [3.8, 4) is 0 Å². The Morgan fingerprint density at radius 1 is 1.42 bits per heavy atom. The lowest BCUT2D eigenvalue weighted by Crippen LogP contribution is -2.09. The molecule has 0 radical (unpaired) electrons. The van der Waals surface area contributed by atoms with Crippen LogP contribution in [-0.2, 0) is 0 Å². The number of aliphatic hydroxyl groups excluding tert-OH is 1. The molecule has 7 heteroatoms. The molecule has 2 N–H and O–H groups in total. The molecule has 2 aromatic rings. The molecule has 2 rings (SSSR count). The second-order valence-corrected chi connectivity index (χ2v) is 3.30. The average Bonchev–Trinajstić information content (AvgIpc) is 2.46. The summed E-state index contributed by atoms with van der Waals surface area (Å²) < 4.78 is 0. The zero-order valence-electron chi connectivity index (χ0n) is 10.8. The van der Waals surface area contributed by atoms with Gasteiger partial charge >= 0.3 is 5.69 Å². The number of hydrogen-bond donors (Lipinski definition) is 2. The molecule has 0 saturated heterocycles. The van der Waals surface area contributed by atoms with Crippen LogP contribution in [0.2, 0.25) is 0 Å². The van der Waals surface area contributed by atoms with Gasteiger partial charge in [-0.1, -0.05) is 13.8 Å². The van der Waals surface area contributed by atoms with E-state index in [-0.39, 0.29) is 24.5 Å². The second kappa shape index (κ2) is 7.22. The molecule has 0 aliphatic heterocycles. The number of anilines is 1. The van der Waals surface area contributed by atoms with Crippen LogP contribution in [0.5, 0.6) is 0 Å². The molecular weight excluding hydrogens is 248 g/mol. The molecule has 0 saturated carbocycles. The minimum atomic E-state index is -0.527. The molecule has 102 valence electrons. The Hall–Kier alpha value is -2.28. The zero-order valence-corrected chi connectivity index (χ0v) is 10.8. The smallest absolute Gasteiger partial charge is 0.312 e. The van der Waals surface area contributed by atoms with Gasteiger partial charge < -0.3 is 10.4 Å². The molecule has 0 amide bonds. The minimum Gasteiger partial charge on any atom is -0.395 e. The van der Waals surface area contributed by atoms with Gasteiger partial charge in [0.1, 0.15) is 17.4 Å². The van der Waals surface area contributed by atoms with Gasteiger partial charge in [0, 0.05) is 12.7 Å². The summed E-state index contributed by atoms with van der Waals surface area (Å²) in [7, 11) is 0. The van der Waals surface area contributed by atoms with Crippen LogP contribution in [-0.4, -0.2) is 33.1 Å². The summed E-state index contributed by atoms with van der Waals surface area (Å²) in [5, 5.41) is 22.4. The Morgan fingerprint density at radius 2 is 2.16 bits per heavy atom. The molecule has 0 spiro atoms. The van der Waals surface area contributed by atoms with E-state index in [4.69, 9.17) is 5.11 Å². The van der Waals surface area contributed by atoms with E-state index in [0.29, 0.717) is 11.0 Å². The van der Waals surface area contributed by atoms with E-state index in [1.165, 1.54) is 12.4 Å². The summed E-state index contributed by atoms with van der Waals surface area (Å²) in [6.07, 6.45) is 2.72. The third kappa shape index (κ3) is 3.35. The van der Waals surface area contributed by atoms with Crippen molar-refractivity contribution in [2.75, 3.05) is 18.5 Å². The Kier molecular flexibility index (Phi) is 5.62. The summed E-state index contributed by atoms with van der Waals surface area (Å²) in [5.41, 5.74) is 1.13. The van der Waals surface area contributed by atoms with E-state index in [2.05, 4.69) is 15.3 Å². The van der Waals surface area contributed by atoms with Crippen LogP contribution < -0.4 is 5.32 Å². The van der Waals surface area contributed by atoms with Crippen LogP contribution in [0.1, 0.15) is 13.8 Å². The predicted molar refractivity (Wildman–Crippen MR) is 73.1 cm³/mol. The molecule has 0 aliphatic rings. The van der Waals surface area contributed by atoms with Crippen LogP contribution >= 0.6 is 0 Å². The first kappa shape index (κ1) is 14.8. The number of aromatic nitrogens is 2. The largest absolute Gasteiger partial charge is 0.395 e. The lowest BCUT2D eigenvalue weighted by atomic mass is 10.2. The van der Waals surface area contributed by atoms with Gasteiger partial charge in [0.15, 0.2) is 0 Å². The molecule has 0 fully saturated rings. The summed E-state index contributed by atoms with van der Waals surface area (Å²) in [5.74, 6) is 0. The number of nitro groups is 1. The van der Waals surface area contributed by atoms with Crippen molar-refractivity contribution in [2.24, 2.45) is 0 Å². The Labute approximate surface area is 110 Å². The molecule has 2 aromatic heterocycles. The van der Waals surface area contributed by atoms with Crippen molar-refractivity contribution < 1.29 is 10.0 Å². The zero-order chi connectivity index (χ0) is 14.3. The number of nitrogens with zero attached hydrogens (tertiary/aromatic N) is 3. The van der Waals surface area contributed by atoms with E-state index in [1.807, 2.05) is 13.8 Å². The van der Waals surface area contributed by atoms with Crippen LogP contribution in [0.15, 0.2) is 24.5 Å². The first-order valence-corrected chi connectivity index (χ1v) is 5.97. The maximum Gasteiger partial charge on any atom is 0.312 e. The average molecular weight is 264 g/mol. The van der Waals surface area contributed by atoms with E-state index in [0.717, 1.165) is 0 Å². The van der Waals surface area contributed by atoms with Crippen molar-refractivity contribution in [2.45, 2.75) is 13.8 Å². The summed E-state index contributed by atoms with van der Waals surface area (Å²) in [4.78, 5) is 18.4. The van der Waals surface area contributed by atoms with Gasteiger partial charge in [-0.15, -0.1) is 0 Å². The highest BCUT2D eigenvalue weighted by Gasteiger charge is 2.18. The van der Waals surface area contributed by atoms with Crippen molar-refractivity contribution in [3.63, 3.8) is 0 Å². The van der Waals surface area contributed by atoms with Gasteiger partial charge in [-0.2, -0.15) is 0 Å². The summed E-state index contributed by atoms with van der Waals surface area (Å²) in [6.45, 7) is 4.10. The summed E-state index contributed by atoms with van der Waals surface area (Å²) >= 11 is 0. The molecule has 7 nitrogen and oxygen atoms in total. The highest BCUT2D eigenvalue weighted by atomic mass is 16.6. The Balaban J connectivity index is 0.000000861. The van der Waals surface area contributed by atoms with E-state index in [9.17, 15) is 10.1 Å². The molecule has 0 aliphatic carbocycles. The highest BCUT2D eigenvalue weighted by Crippen LogP contribution is 2.29. The number of nitrogens with one attached hydrogen (secondary N) is 1. The lowest BCUT2D eigenvalue weighted by Gasteiger charge is -2.07. The number of aliphatic hydroxyl groups is 1. The quantitative estimate of drug-likeness (QED) is 0.646. The Bertz CT molecular complexity index is 560. The number of pyridine rings is 2. The van der Waals surface area contributed by atoms with Crippen molar-refractivity contribution >= 4 is 22.4 Å². The monoisotopic (exact) mass is 264 g/mol. The maximum atomic E-state index is 10.9. The van der Waals surface area contributed by atoms with Crippen LogP contribution in [0, 0.1) is 10.1 Å². The number of hydrogen-bond acceptors (Lipinski definition) is 6. The predicted octanol–water partition coefficient (Wildman–Crippen LogP) is 1.97. The van der Waals surface area contributed by atoms with E-state index < -0.39 is 4.92 Å². The fourth-order valence-corrected chi connectivity index (χ4v) is 1.50. The topological polar surface area (TPSA) is 101 Å². The van der Waals surface area contributed by atoms with Crippen LogP contribution in [0.25, 0.3) is 11.0 Å².